The Balaban J connectivity index is 2.41. The van der Waals surface area contributed by atoms with Crippen molar-refractivity contribution in [1.82, 2.24) is 0 Å². The van der Waals surface area contributed by atoms with Crippen molar-refractivity contribution in [3.63, 3.8) is 0 Å². The highest BCUT2D eigenvalue weighted by Crippen LogP contribution is 2.13. The molecule has 3 heteroatoms. The molecule has 0 spiro atoms. The maximum atomic E-state index is 8.56. The second kappa shape index (κ2) is 6.05. The quantitative estimate of drug-likeness (QED) is 0.741. The van der Waals surface area contributed by atoms with Crippen LogP contribution in [-0.2, 0) is 11.3 Å². The van der Waals surface area contributed by atoms with E-state index in [1.165, 1.54) is 0 Å². The number of methoxy groups -OCH3 is 1. The van der Waals surface area contributed by atoms with Gasteiger partial charge in [-0.05, 0) is 24.6 Å². The molecule has 1 unspecified atom stereocenters. The molecule has 0 aromatic heterocycles. The highest BCUT2D eigenvalue weighted by atomic mass is 16.5. The Labute approximate surface area is 90.2 Å². The van der Waals surface area contributed by atoms with E-state index in [4.69, 9.17) is 14.7 Å². The summed E-state index contributed by atoms with van der Waals surface area (Å²) in [4.78, 5) is 0. The van der Waals surface area contributed by atoms with Crippen molar-refractivity contribution in [2.24, 2.45) is 5.92 Å². The van der Waals surface area contributed by atoms with Gasteiger partial charge in [0.05, 0.1) is 32.3 Å². The van der Waals surface area contributed by atoms with Gasteiger partial charge < -0.3 is 9.47 Å². The first-order valence-corrected chi connectivity index (χ1v) is 4.86. The molecule has 0 N–H and O–H groups in total. The maximum absolute atomic E-state index is 8.56. The van der Waals surface area contributed by atoms with Crippen LogP contribution in [0, 0.1) is 17.2 Å². The predicted octanol–water partition coefficient (Wildman–Crippen LogP) is 2.37. The van der Waals surface area contributed by atoms with Gasteiger partial charge in [0.25, 0.3) is 0 Å². The van der Waals surface area contributed by atoms with Crippen molar-refractivity contribution >= 4 is 0 Å². The fourth-order valence-corrected chi connectivity index (χ4v) is 1.15. The summed E-state index contributed by atoms with van der Waals surface area (Å²) in [6.07, 6.45) is 0. The van der Waals surface area contributed by atoms with Crippen LogP contribution in [0.2, 0.25) is 0 Å². The van der Waals surface area contributed by atoms with Crippen LogP contribution < -0.4 is 4.74 Å². The van der Waals surface area contributed by atoms with Gasteiger partial charge in [0, 0.05) is 0 Å². The number of benzene rings is 1. The normalized spacial score (nSPS) is 11.8. The summed E-state index contributed by atoms with van der Waals surface area (Å²) in [5.74, 6) is 0.764. The fourth-order valence-electron chi connectivity index (χ4n) is 1.15. The van der Waals surface area contributed by atoms with E-state index in [-0.39, 0.29) is 5.92 Å². The van der Waals surface area contributed by atoms with E-state index in [0.717, 1.165) is 11.3 Å². The Morgan fingerprint density at radius 1 is 1.47 bits per heavy atom. The molecule has 0 heterocycles. The smallest absolute Gasteiger partial charge is 0.119 e. The largest absolute Gasteiger partial charge is 0.497 e. The molecular formula is C12H15NO2. The lowest BCUT2D eigenvalue weighted by Gasteiger charge is -2.06. The molecule has 0 amide bonds. The maximum Gasteiger partial charge on any atom is 0.119 e. The van der Waals surface area contributed by atoms with E-state index >= 15 is 0 Å². The zero-order valence-electron chi connectivity index (χ0n) is 9.06. The molecule has 80 valence electrons. The van der Waals surface area contributed by atoms with E-state index in [0.29, 0.717) is 13.2 Å². The second-order valence-electron chi connectivity index (χ2n) is 3.40. The highest BCUT2D eigenvalue weighted by Gasteiger charge is 2.00. The van der Waals surface area contributed by atoms with Crippen molar-refractivity contribution < 1.29 is 9.47 Å². The first-order chi connectivity index (χ1) is 7.26. The average molecular weight is 205 g/mol. The summed E-state index contributed by atoms with van der Waals surface area (Å²) in [7, 11) is 1.64. The molecule has 0 aliphatic carbocycles. The topological polar surface area (TPSA) is 42.2 Å². The van der Waals surface area contributed by atoms with Gasteiger partial charge >= 0.3 is 0 Å². The lowest BCUT2D eigenvalue weighted by molar-refractivity contribution is 0.105. The van der Waals surface area contributed by atoms with Gasteiger partial charge in [-0.15, -0.1) is 0 Å². The first-order valence-electron chi connectivity index (χ1n) is 4.86. The Bertz CT molecular complexity index is 344. The van der Waals surface area contributed by atoms with Crippen LogP contribution in [0.1, 0.15) is 12.5 Å². The van der Waals surface area contributed by atoms with Crippen molar-refractivity contribution in [1.29, 1.82) is 5.26 Å². The van der Waals surface area contributed by atoms with Gasteiger partial charge in [0.1, 0.15) is 5.75 Å². The Morgan fingerprint density at radius 2 is 2.27 bits per heavy atom. The fraction of sp³-hybridized carbons (Fsp3) is 0.417. The van der Waals surface area contributed by atoms with Gasteiger partial charge in [-0.25, -0.2) is 0 Å². The van der Waals surface area contributed by atoms with E-state index < -0.39 is 0 Å². The zero-order valence-corrected chi connectivity index (χ0v) is 9.06. The van der Waals surface area contributed by atoms with Gasteiger partial charge in [-0.2, -0.15) is 5.26 Å². The summed E-state index contributed by atoms with van der Waals surface area (Å²) < 4.78 is 10.5. The predicted molar refractivity (Wildman–Crippen MR) is 57.4 cm³/mol. The minimum atomic E-state index is -0.0596. The van der Waals surface area contributed by atoms with Crippen LogP contribution in [0.15, 0.2) is 24.3 Å². The van der Waals surface area contributed by atoms with Crippen LogP contribution in [0.5, 0.6) is 5.75 Å². The average Bonchev–Trinajstić information content (AvgIpc) is 2.29. The van der Waals surface area contributed by atoms with E-state index in [2.05, 4.69) is 6.07 Å². The molecule has 1 atom stereocenters. The number of rotatable bonds is 5. The molecule has 0 bridgehead atoms. The highest BCUT2D eigenvalue weighted by molar-refractivity contribution is 5.27. The molecule has 0 fully saturated rings. The molecular weight excluding hydrogens is 190 g/mol. The number of hydrogen-bond acceptors (Lipinski definition) is 3. The molecule has 1 aromatic carbocycles. The van der Waals surface area contributed by atoms with Crippen LogP contribution in [0.25, 0.3) is 0 Å². The van der Waals surface area contributed by atoms with E-state index in [9.17, 15) is 0 Å². The Kier molecular flexibility index (Phi) is 4.65. The summed E-state index contributed by atoms with van der Waals surface area (Å²) in [6.45, 7) is 2.82. The minimum absolute atomic E-state index is 0.0596. The molecule has 3 nitrogen and oxygen atoms in total. The minimum Gasteiger partial charge on any atom is -0.497 e. The van der Waals surface area contributed by atoms with Gasteiger partial charge in [0.2, 0.25) is 0 Å². The Morgan fingerprint density at radius 3 is 2.93 bits per heavy atom. The van der Waals surface area contributed by atoms with Gasteiger partial charge in [-0.3, -0.25) is 0 Å². The number of nitriles is 1. The molecule has 0 saturated heterocycles. The van der Waals surface area contributed by atoms with Crippen molar-refractivity contribution in [2.45, 2.75) is 13.5 Å². The lowest BCUT2D eigenvalue weighted by atomic mass is 10.2. The molecule has 0 radical (unpaired) electrons. The van der Waals surface area contributed by atoms with Crippen LogP contribution in [-0.4, -0.2) is 13.7 Å². The third-order valence-corrected chi connectivity index (χ3v) is 1.99. The second-order valence-corrected chi connectivity index (χ2v) is 3.40. The number of ether oxygens (including phenoxy) is 2. The first kappa shape index (κ1) is 11.5. The molecule has 0 aliphatic rings. The molecule has 1 aromatic rings. The SMILES string of the molecule is COc1cccc(COCC(C)C#N)c1. The summed E-state index contributed by atoms with van der Waals surface area (Å²) in [5, 5.41) is 8.56. The monoisotopic (exact) mass is 205 g/mol. The molecule has 0 saturated carbocycles. The third-order valence-electron chi connectivity index (χ3n) is 1.99. The number of nitrogens with zero attached hydrogens (tertiary/aromatic N) is 1. The van der Waals surface area contributed by atoms with E-state index in [1.807, 2.05) is 31.2 Å². The summed E-state index contributed by atoms with van der Waals surface area (Å²) in [6, 6.07) is 9.84. The van der Waals surface area contributed by atoms with Crippen LogP contribution >= 0.6 is 0 Å². The molecule has 1 rings (SSSR count). The van der Waals surface area contributed by atoms with Crippen molar-refractivity contribution in [2.75, 3.05) is 13.7 Å². The summed E-state index contributed by atoms with van der Waals surface area (Å²) >= 11 is 0. The lowest BCUT2D eigenvalue weighted by Crippen LogP contribution is -2.03. The Hall–Kier alpha value is -1.53. The van der Waals surface area contributed by atoms with Crippen LogP contribution in [0.4, 0.5) is 0 Å². The standard InChI is InChI=1S/C12H15NO2/c1-10(7-13)8-15-9-11-4-3-5-12(6-11)14-2/h3-6,10H,8-9H2,1-2H3. The van der Waals surface area contributed by atoms with Crippen LogP contribution in [0.3, 0.4) is 0 Å². The van der Waals surface area contributed by atoms with Gasteiger partial charge in [0.15, 0.2) is 0 Å². The molecule has 0 aliphatic heterocycles. The van der Waals surface area contributed by atoms with Crippen molar-refractivity contribution in [3.8, 4) is 11.8 Å². The van der Waals surface area contributed by atoms with Gasteiger partial charge in [-0.1, -0.05) is 12.1 Å². The van der Waals surface area contributed by atoms with E-state index in [1.54, 1.807) is 7.11 Å². The van der Waals surface area contributed by atoms with Crippen molar-refractivity contribution in [3.05, 3.63) is 29.8 Å². The number of hydrogen-bond donors (Lipinski definition) is 0. The third kappa shape index (κ3) is 4.01. The summed E-state index contributed by atoms with van der Waals surface area (Å²) in [5.41, 5.74) is 1.06. The molecule has 15 heavy (non-hydrogen) atoms. The zero-order chi connectivity index (χ0) is 11.1.